The molecule has 0 heterocycles. The molecule has 268 valence electrons. The maximum atomic E-state index is 13.1. The zero-order valence-electron chi connectivity index (χ0n) is 26.1. The molecule has 0 amide bonds. The Balaban J connectivity index is 2.18. The van der Waals surface area contributed by atoms with Gasteiger partial charge in [0.05, 0.1) is 12.2 Å². The van der Waals surface area contributed by atoms with Crippen LogP contribution in [0.1, 0.15) is 31.4 Å². The van der Waals surface area contributed by atoms with E-state index in [4.69, 9.17) is 0 Å². The summed E-state index contributed by atoms with van der Waals surface area (Å²) in [6.45, 7) is 0.553. The van der Waals surface area contributed by atoms with Gasteiger partial charge in [0.2, 0.25) is 0 Å². The molecule has 2 atom stereocenters. The molecule has 0 radical (unpaired) electrons. The van der Waals surface area contributed by atoms with Gasteiger partial charge in [-0.1, -0.05) is 74.5 Å². The first-order valence-electron chi connectivity index (χ1n) is 14.8. The molecule has 0 bridgehead atoms. The monoisotopic (exact) mass is 720 g/mol. The lowest BCUT2D eigenvalue weighted by Crippen LogP contribution is -2.47. The van der Waals surface area contributed by atoms with Gasteiger partial charge in [-0.3, -0.25) is 9.80 Å². The van der Waals surface area contributed by atoms with Gasteiger partial charge in [0.15, 0.2) is 0 Å². The smallest absolute Gasteiger partial charge is 0.390 e. The fourth-order valence-corrected chi connectivity index (χ4v) is 6.94. The van der Waals surface area contributed by atoms with Crippen LogP contribution in [-0.2, 0) is 33.1 Å². The number of rotatable bonds is 20. The second-order valence-electron chi connectivity index (χ2n) is 10.9. The number of benzene rings is 2. The molecule has 0 aliphatic heterocycles. The van der Waals surface area contributed by atoms with Gasteiger partial charge in [0.25, 0.3) is 0 Å². The van der Waals surface area contributed by atoms with Crippen LogP contribution in [0.4, 0.5) is 26.3 Å². The van der Waals surface area contributed by atoms with Crippen molar-refractivity contribution in [2.45, 2.75) is 56.6 Å². The summed E-state index contributed by atoms with van der Waals surface area (Å²) in [7, 11) is -11.3. The van der Waals surface area contributed by atoms with Crippen molar-refractivity contribution in [2.75, 3.05) is 52.4 Å². The number of nitrogens with zero attached hydrogens (tertiary/aromatic N) is 4. The number of aliphatic hydroxyl groups excluding tert-OH is 2. The van der Waals surface area contributed by atoms with Gasteiger partial charge in [-0.15, -0.1) is 0 Å². The summed E-state index contributed by atoms with van der Waals surface area (Å²) in [6.07, 6.45) is -2.60. The highest BCUT2D eigenvalue weighted by molar-refractivity contribution is 7.90. The Hall–Kier alpha value is -2.32. The zero-order valence-corrected chi connectivity index (χ0v) is 27.7. The lowest BCUT2D eigenvalue weighted by atomic mass is 10.1. The molecule has 0 fully saturated rings. The molecule has 2 N–H and O–H groups in total. The van der Waals surface area contributed by atoms with Gasteiger partial charge in [-0.2, -0.15) is 35.0 Å². The molecule has 2 rings (SSSR count). The Morgan fingerprint density at radius 1 is 0.596 bits per heavy atom. The predicted octanol–water partition coefficient (Wildman–Crippen LogP) is 3.45. The zero-order chi connectivity index (χ0) is 35.5. The summed E-state index contributed by atoms with van der Waals surface area (Å²) < 4.78 is 127. The van der Waals surface area contributed by atoms with E-state index in [-0.39, 0.29) is 47.9 Å². The number of alkyl halides is 6. The first-order valence-corrected chi connectivity index (χ1v) is 17.7. The van der Waals surface area contributed by atoms with Crippen LogP contribution in [0.3, 0.4) is 0 Å². The number of sulfonamides is 2. The normalized spacial score (nSPS) is 14.8. The van der Waals surface area contributed by atoms with Gasteiger partial charge in [-0.05, 0) is 30.6 Å². The van der Waals surface area contributed by atoms with Crippen molar-refractivity contribution in [1.29, 1.82) is 0 Å². The summed E-state index contributed by atoms with van der Waals surface area (Å²) in [5.41, 5.74) is -9.41. The van der Waals surface area contributed by atoms with Crippen molar-refractivity contribution in [3.63, 3.8) is 0 Å². The standard InChI is InChI=1S/C29H42F6N4O6S2/c1-3-38(46(42,43)28(30,31)32)22-26(40)20-36(18-24-12-7-5-8-13-24)16-11-17-37(19-25-14-9-6-10-15-25)21-27(41)23-39(4-2)47(44,45)29(33,34)35/h5-10,12-15,26-27,40-41H,3-4,11,16-23H2,1-2H3/t26-,27-/m1/s1. The second-order valence-corrected chi connectivity index (χ2v) is 14.8. The lowest BCUT2D eigenvalue weighted by Gasteiger charge is -2.31. The summed E-state index contributed by atoms with van der Waals surface area (Å²) in [5.74, 6) is 0. The molecule has 0 saturated heterocycles. The van der Waals surface area contributed by atoms with Crippen LogP contribution in [0.15, 0.2) is 60.7 Å². The van der Waals surface area contributed by atoms with E-state index >= 15 is 0 Å². The van der Waals surface area contributed by atoms with E-state index in [9.17, 15) is 53.4 Å². The largest absolute Gasteiger partial charge is 0.511 e. The van der Waals surface area contributed by atoms with Crippen LogP contribution in [-0.4, -0.2) is 121 Å². The Kier molecular flexibility index (Phi) is 15.6. The summed E-state index contributed by atoms with van der Waals surface area (Å²) >= 11 is 0. The Morgan fingerprint density at radius 2 is 0.915 bits per heavy atom. The molecule has 0 unspecified atom stereocenters. The third-order valence-corrected chi connectivity index (χ3v) is 10.5. The van der Waals surface area contributed by atoms with Crippen molar-refractivity contribution in [3.8, 4) is 0 Å². The number of halogens is 6. The van der Waals surface area contributed by atoms with Crippen LogP contribution in [0.2, 0.25) is 0 Å². The van der Waals surface area contributed by atoms with Gasteiger partial charge >= 0.3 is 31.1 Å². The summed E-state index contributed by atoms with van der Waals surface area (Å²) in [6, 6.07) is 17.9. The summed E-state index contributed by atoms with van der Waals surface area (Å²) in [5, 5.41) is 21.4. The minimum absolute atomic E-state index is 0.167. The number of hydrogen-bond donors (Lipinski definition) is 2. The molecule has 0 saturated carbocycles. The van der Waals surface area contributed by atoms with E-state index < -0.39 is 69.5 Å². The molecule has 0 spiro atoms. The molecular formula is C29H42F6N4O6S2. The second kappa shape index (κ2) is 17.9. The highest BCUT2D eigenvalue weighted by Crippen LogP contribution is 2.28. The van der Waals surface area contributed by atoms with Crippen molar-refractivity contribution >= 4 is 20.0 Å². The molecule has 0 aliphatic rings. The van der Waals surface area contributed by atoms with Crippen LogP contribution in [0.25, 0.3) is 0 Å². The van der Waals surface area contributed by atoms with E-state index in [0.29, 0.717) is 6.42 Å². The van der Waals surface area contributed by atoms with Crippen LogP contribution < -0.4 is 0 Å². The molecule has 10 nitrogen and oxygen atoms in total. The number of aliphatic hydroxyl groups is 2. The van der Waals surface area contributed by atoms with Gasteiger partial charge in [0, 0.05) is 52.4 Å². The van der Waals surface area contributed by atoms with Crippen molar-refractivity contribution in [3.05, 3.63) is 71.8 Å². The molecule has 0 aliphatic carbocycles. The predicted molar refractivity (Wildman–Crippen MR) is 165 cm³/mol. The van der Waals surface area contributed by atoms with Crippen molar-refractivity contribution < 1.29 is 53.4 Å². The third-order valence-electron chi connectivity index (χ3n) is 7.18. The fraction of sp³-hybridized carbons (Fsp3) is 0.586. The maximum absolute atomic E-state index is 13.1. The Labute approximate surface area is 272 Å². The highest BCUT2D eigenvalue weighted by Gasteiger charge is 2.50. The first-order chi connectivity index (χ1) is 21.8. The quantitative estimate of drug-likeness (QED) is 0.200. The fourth-order valence-electron chi connectivity index (χ4n) is 4.94. The molecule has 47 heavy (non-hydrogen) atoms. The molecule has 2 aromatic rings. The van der Waals surface area contributed by atoms with Crippen molar-refractivity contribution in [2.24, 2.45) is 0 Å². The van der Waals surface area contributed by atoms with Crippen LogP contribution in [0.5, 0.6) is 0 Å². The van der Waals surface area contributed by atoms with E-state index in [1.165, 1.54) is 13.8 Å². The van der Waals surface area contributed by atoms with Gasteiger partial charge in [-0.25, -0.2) is 16.8 Å². The molecular weight excluding hydrogens is 678 g/mol. The van der Waals surface area contributed by atoms with E-state index in [1.807, 2.05) is 0 Å². The van der Waals surface area contributed by atoms with E-state index in [2.05, 4.69) is 0 Å². The topological polar surface area (TPSA) is 122 Å². The SMILES string of the molecule is CCN(C[C@H](O)CN(CCCN(Cc1ccccc1)C[C@@H](O)CN(CC)S(=O)(=O)C(F)(F)F)Cc1ccccc1)S(=O)(=O)C(F)(F)F. The van der Waals surface area contributed by atoms with E-state index in [1.54, 1.807) is 70.5 Å². The number of hydrogen-bond acceptors (Lipinski definition) is 8. The average Bonchev–Trinajstić information content (AvgIpc) is 2.98. The summed E-state index contributed by atoms with van der Waals surface area (Å²) in [4.78, 5) is 3.47. The third kappa shape index (κ3) is 12.6. The molecule has 2 aromatic carbocycles. The minimum Gasteiger partial charge on any atom is -0.390 e. The lowest BCUT2D eigenvalue weighted by molar-refractivity contribution is -0.0504. The average molecular weight is 721 g/mol. The van der Waals surface area contributed by atoms with Gasteiger partial charge in [0.1, 0.15) is 0 Å². The highest BCUT2D eigenvalue weighted by atomic mass is 32.2. The first kappa shape index (κ1) is 40.9. The Morgan fingerprint density at radius 3 is 1.19 bits per heavy atom. The Bertz CT molecular complexity index is 1310. The van der Waals surface area contributed by atoms with E-state index in [0.717, 1.165) is 11.1 Å². The van der Waals surface area contributed by atoms with Crippen molar-refractivity contribution in [1.82, 2.24) is 18.4 Å². The van der Waals surface area contributed by atoms with Gasteiger partial charge < -0.3 is 10.2 Å². The minimum atomic E-state index is -5.66. The van der Waals surface area contributed by atoms with Crippen LogP contribution >= 0.6 is 0 Å². The van der Waals surface area contributed by atoms with Crippen LogP contribution in [0, 0.1) is 0 Å². The number of likely N-dealkylation sites (N-methyl/N-ethyl adjacent to an activating group) is 2. The molecule has 18 heteroatoms. The molecule has 0 aromatic heterocycles. The maximum Gasteiger partial charge on any atom is 0.511 e.